The van der Waals surface area contributed by atoms with Crippen LogP contribution in [0.3, 0.4) is 0 Å². The number of guanidine groups is 1. The van der Waals surface area contributed by atoms with Gasteiger partial charge in [0.1, 0.15) is 0 Å². The summed E-state index contributed by atoms with van der Waals surface area (Å²) in [6.45, 7) is 2.83. The summed E-state index contributed by atoms with van der Waals surface area (Å²) in [5, 5.41) is 0. The van der Waals surface area contributed by atoms with E-state index < -0.39 is 5.54 Å². The molecule has 1 aliphatic carbocycles. The average Bonchev–Trinajstić information content (AvgIpc) is 3.12. The van der Waals surface area contributed by atoms with Crippen molar-refractivity contribution in [3.8, 4) is 0 Å². The summed E-state index contributed by atoms with van der Waals surface area (Å²) < 4.78 is 0. The van der Waals surface area contributed by atoms with Crippen molar-refractivity contribution in [3.05, 3.63) is 96.1 Å². The molecule has 1 fully saturated rings. The highest BCUT2D eigenvalue weighted by Gasteiger charge is 2.54. The van der Waals surface area contributed by atoms with E-state index in [1.165, 1.54) is 5.56 Å². The lowest BCUT2D eigenvalue weighted by atomic mass is 9.74. The summed E-state index contributed by atoms with van der Waals surface area (Å²) in [4.78, 5) is 23.2. The first-order valence-electron chi connectivity index (χ1n) is 11.5. The molecule has 0 spiro atoms. The van der Waals surface area contributed by atoms with E-state index in [9.17, 15) is 4.79 Å². The number of nitrogens with two attached hydrogens (primary N) is 1. The summed E-state index contributed by atoms with van der Waals surface area (Å²) in [6, 6.07) is 20.6. The Balaban J connectivity index is 1.36. The van der Waals surface area contributed by atoms with Crippen LogP contribution in [0.15, 0.2) is 90.0 Å². The topological polar surface area (TPSA) is 61.9 Å². The molecule has 2 aromatic rings. The van der Waals surface area contributed by atoms with Gasteiger partial charge in [-0.05, 0) is 30.4 Å². The summed E-state index contributed by atoms with van der Waals surface area (Å²) in [6.07, 6.45) is 10.8. The van der Waals surface area contributed by atoms with E-state index >= 15 is 0 Å². The third-order valence-corrected chi connectivity index (χ3v) is 6.98. The number of likely N-dealkylation sites (tertiary alicyclic amines) is 1. The summed E-state index contributed by atoms with van der Waals surface area (Å²) in [7, 11) is 0. The SMILES string of the molecule is NC1=NC(c2ccccc2)(C2C=CC=CC2)C(=O)N1C1CCN(Cc2ccccc2)CC1. The molecule has 2 aromatic carbocycles. The van der Waals surface area contributed by atoms with Crippen LogP contribution in [0.1, 0.15) is 30.4 Å². The number of benzene rings is 2. The van der Waals surface area contributed by atoms with Gasteiger partial charge in [0.2, 0.25) is 0 Å². The number of aliphatic imine (C=N–C) groups is 1. The van der Waals surface area contributed by atoms with Gasteiger partial charge in [-0.2, -0.15) is 0 Å². The second-order valence-corrected chi connectivity index (χ2v) is 8.93. The molecule has 2 atom stereocenters. The van der Waals surface area contributed by atoms with Crippen molar-refractivity contribution in [1.82, 2.24) is 9.80 Å². The summed E-state index contributed by atoms with van der Waals surface area (Å²) >= 11 is 0. The molecule has 2 N–H and O–H groups in total. The maximum absolute atomic E-state index is 14.1. The van der Waals surface area contributed by atoms with Crippen LogP contribution in [-0.2, 0) is 16.9 Å². The van der Waals surface area contributed by atoms with E-state index in [1.807, 2.05) is 48.6 Å². The second-order valence-electron chi connectivity index (χ2n) is 8.93. The van der Waals surface area contributed by atoms with Crippen LogP contribution in [0.25, 0.3) is 0 Å². The zero-order valence-electron chi connectivity index (χ0n) is 18.3. The molecule has 3 aliphatic rings. The maximum atomic E-state index is 14.1. The molecule has 32 heavy (non-hydrogen) atoms. The Morgan fingerprint density at radius 3 is 2.31 bits per heavy atom. The Labute approximate surface area is 189 Å². The first-order valence-corrected chi connectivity index (χ1v) is 11.5. The van der Waals surface area contributed by atoms with Crippen molar-refractivity contribution in [3.63, 3.8) is 0 Å². The molecule has 5 nitrogen and oxygen atoms in total. The van der Waals surface area contributed by atoms with Gasteiger partial charge >= 0.3 is 0 Å². The molecular formula is C27H30N4O. The molecule has 0 aromatic heterocycles. The first kappa shape index (κ1) is 20.7. The number of piperidine rings is 1. The van der Waals surface area contributed by atoms with Crippen molar-refractivity contribution in [2.75, 3.05) is 13.1 Å². The number of hydrogen-bond acceptors (Lipinski definition) is 4. The van der Waals surface area contributed by atoms with E-state index in [0.29, 0.717) is 5.96 Å². The van der Waals surface area contributed by atoms with Crippen LogP contribution in [0, 0.1) is 5.92 Å². The van der Waals surface area contributed by atoms with E-state index in [0.717, 1.165) is 44.5 Å². The van der Waals surface area contributed by atoms with Crippen molar-refractivity contribution in [2.45, 2.75) is 37.4 Å². The Bertz CT molecular complexity index is 1040. The largest absolute Gasteiger partial charge is 0.369 e. The predicted octanol–water partition coefficient (Wildman–Crippen LogP) is 3.84. The highest BCUT2D eigenvalue weighted by molar-refractivity contribution is 6.08. The zero-order valence-corrected chi connectivity index (χ0v) is 18.3. The molecule has 5 rings (SSSR count). The smallest absolute Gasteiger partial charge is 0.262 e. The van der Waals surface area contributed by atoms with E-state index in [-0.39, 0.29) is 17.9 Å². The third kappa shape index (κ3) is 3.67. The van der Waals surface area contributed by atoms with Gasteiger partial charge in [-0.1, -0.05) is 85.0 Å². The molecule has 0 bridgehead atoms. The number of carbonyl (C=O) groups is 1. The third-order valence-electron chi connectivity index (χ3n) is 6.98. The Hall–Kier alpha value is -3.18. The molecule has 1 saturated heterocycles. The van der Waals surface area contributed by atoms with Crippen LogP contribution in [-0.4, -0.2) is 40.8 Å². The lowest BCUT2D eigenvalue weighted by Crippen LogP contribution is -2.53. The number of hydrogen-bond donors (Lipinski definition) is 1. The van der Waals surface area contributed by atoms with Gasteiger partial charge in [-0.25, -0.2) is 4.99 Å². The van der Waals surface area contributed by atoms with E-state index in [4.69, 9.17) is 10.7 Å². The molecule has 0 radical (unpaired) electrons. The second kappa shape index (κ2) is 8.75. The first-order chi connectivity index (χ1) is 15.7. The quantitative estimate of drug-likeness (QED) is 0.790. The van der Waals surface area contributed by atoms with Crippen LogP contribution in [0.4, 0.5) is 0 Å². The highest BCUT2D eigenvalue weighted by Crippen LogP contribution is 2.44. The minimum absolute atomic E-state index is 0.0210. The van der Waals surface area contributed by atoms with Crippen molar-refractivity contribution in [2.24, 2.45) is 16.6 Å². The number of rotatable bonds is 5. The summed E-state index contributed by atoms with van der Waals surface area (Å²) in [5.74, 6) is 0.347. The molecule has 2 unspecified atom stereocenters. The van der Waals surface area contributed by atoms with Crippen molar-refractivity contribution >= 4 is 11.9 Å². The minimum Gasteiger partial charge on any atom is -0.369 e. The summed E-state index contributed by atoms with van der Waals surface area (Å²) in [5.41, 5.74) is 7.74. The minimum atomic E-state index is -0.978. The van der Waals surface area contributed by atoms with Crippen molar-refractivity contribution in [1.29, 1.82) is 0 Å². The Morgan fingerprint density at radius 1 is 0.969 bits per heavy atom. The maximum Gasteiger partial charge on any atom is 0.262 e. The molecule has 2 heterocycles. The van der Waals surface area contributed by atoms with Gasteiger partial charge in [0.25, 0.3) is 5.91 Å². The number of allylic oxidation sites excluding steroid dienone is 3. The predicted molar refractivity (Wildman–Crippen MR) is 128 cm³/mol. The number of amides is 1. The molecule has 1 amide bonds. The van der Waals surface area contributed by atoms with Gasteiger partial charge in [-0.15, -0.1) is 0 Å². The van der Waals surface area contributed by atoms with Gasteiger partial charge in [0.05, 0.1) is 0 Å². The van der Waals surface area contributed by atoms with Gasteiger partial charge in [0.15, 0.2) is 11.5 Å². The molecule has 164 valence electrons. The zero-order chi connectivity index (χ0) is 22.0. The monoisotopic (exact) mass is 426 g/mol. The number of carbonyl (C=O) groups excluding carboxylic acids is 1. The fourth-order valence-corrected chi connectivity index (χ4v) is 5.33. The van der Waals surface area contributed by atoms with Gasteiger partial charge in [0, 0.05) is 31.6 Å². The Morgan fingerprint density at radius 2 is 1.66 bits per heavy atom. The molecular weight excluding hydrogens is 396 g/mol. The normalized spacial score (nSPS) is 26.5. The van der Waals surface area contributed by atoms with Crippen molar-refractivity contribution < 1.29 is 4.79 Å². The number of nitrogens with zero attached hydrogens (tertiary/aromatic N) is 3. The molecule has 5 heteroatoms. The fraction of sp³-hybridized carbons (Fsp3) is 0.333. The van der Waals surface area contributed by atoms with E-state index in [1.54, 1.807) is 4.90 Å². The standard InChI is InChI=1S/C27H30N4O/c28-26-29-27(22-12-6-2-7-13-22,23-14-8-3-9-15-23)25(32)31(26)24-16-18-30(19-17-24)20-21-10-4-1-5-11-21/h1-14,23-24H,15-20H2,(H2,28,29). The van der Waals surface area contributed by atoms with Gasteiger partial charge < -0.3 is 5.73 Å². The van der Waals surface area contributed by atoms with Crippen LogP contribution in [0.5, 0.6) is 0 Å². The van der Waals surface area contributed by atoms with Crippen LogP contribution < -0.4 is 5.73 Å². The Kier molecular flexibility index (Phi) is 5.66. The highest BCUT2D eigenvalue weighted by atomic mass is 16.2. The lowest BCUT2D eigenvalue weighted by Gasteiger charge is -2.38. The van der Waals surface area contributed by atoms with Crippen LogP contribution in [0.2, 0.25) is 0 Å². The van der Waals surface area contributed by atoms with E-state index in [2.05, 4.69) is 41.3 Å². The van der Waals surface area contributed by atoms with Gasteiger partial charge in [-0.3, -0.25) is 14.6 Å². The lowest BCUT2D eigenvalue weighted by molar-refractivity contribution is -0.135. The fourth-order valence-electron chi connectivity index (χ4n) is 5.33. The molecule has 2 aliphatic heterocycles. The molecule has 0 saturated carbocycles. The average molecular weight is 427 g/mol. The van der Waals surface area contributed by atoms with Crippen LogP contribution >= 0.6 is 0 Å².